The van der Waals surface area contributed by atoms with Gasteiger partial charge in [-0.2, -0.15) is 0 Å². The van der Waals surface area contributed by atoms with Crippen molar-refractivity contribution in [3.63, 3.8) is 0 Å². The van der Waals surface area contributed by atoms with Crippen LogP contribution in [0.2, 0.25) is 0 Å². The zero-order valence-corrected chi connectivity index (χ0v) is 18.7. The number of likely N-dealkylation sites (tertiary alicyclic amines) is 1. The maximum Gasteiger partial charge on any atom is 0.253 e. The second-order valence-corrected chi connectivity index (χ2v) is 8.43. The smallest absolute Gasteiger partial charge is 0.253 e. The lowest BCUT2D eigenvalue weighted by molar-refractivity contribution is -0.118. The van der Waals surface area contributed by atoms with E-state index in [1.165, 1.54) is 0 Å². The molecule has 1 N–H and O–H groups in total. The topological polar surface area (TPSA) is 52.7 Å². The van der Waals surface area contributed by atoms with Crippen LogP contribution in [0.15, 0.2) is 72.8 Å². The molecule has 0 bridgehead atoms. The minimum Gasteiger partial charge on any atom is -0.339 e. The number of hydrogen-bond acceptors (Lipinski definition) is 3. The van der Waals surface area contributed by atoms with Crippen molar-refractivity contribution in [2.45, 2.75) is 32.2 Å². The largest absolute Gasteiger partial charge is 0.339 e. The molecule has 1 aliphatic rings. The van der Waals surface area contributed by atoms with Gasteiger partial charge in [-0.05, 0) is 49.4 Å². The molecule has 0 spiro atoms. The van der Waals surface area contributed by atoms with Crippen molar-refractivity contribution >= 4 is 28.3 Å². The number of benzene rings is 3. The first-order valence-corrected chi connectivity index (χ1v) is 11.5. The van der Waals surface area contributed by atoms with Gasteiger partial charge in [-0.25, -0.2) is 0 Å². The van der Waals surface area contributed by atoms with Crippen molar-refractivity contribution < 1.29 is 9.59 Å². The highest BCUT2D eigenvalue weighted by Crippen LogP contribution is 2.23. The molecule has 4 rings (SSSR count). The molecule has 1 heterocycles. The summed E-state index contributed by atoms with van der Waals surface area (Å²) < 4.78 is 0. The monoisotopic (exact) mass is 429 g/mol. The predicted octanol–water partition coefficient (Wildman–Crippen LogP) is 4.80. The van der Waals surface area contributed by atoms with Gasteiger partial charge in [0.25, 0.3) is 5.91 Å². The number of hydrogen-bond donors (Lipinski definition) is 1. The van der Waals surface area contributed by atoms with Crippen LogP contribution in [-0.2, 0) is 4.79 Å². The normalized spacial score (nSPS) is 14.6. The molecule has 0 atom stereocenters. The van der Waals surface area contributed by atoms with Crippen LogP contribution in [0.5, 0.6) is 0 Å². The summed E-state index contributed by atoms with van der Waals surface area (Å²) in [4.78, 5) is 29.9. The first kappa shape index (κ1) is 22.0. The maximum atomic E-state index is 12.9. The Morgan fingerprint density at radius 1 is 0.938 bits per heavy atom. The van der Waals surface area contributed by atoms with Crippen LogP contribution in [-0.4, -0.2) is 53.8 Å². The Bertz CT molecular complexity index is 1050. The minimum absolute atomic E-state index is 0.0117. The van der Waals surface area contributed by atoms with Gasteiger partial charge in [0.1, 0.15) is 0 Å². The van der Waals surface area contributed by atoms with Crippen LogP contribution in [0.3, 0.4) is 0 Å². The lowest BCUT2D eigenvalue weighted by Crippen LogP contribution is -2.49. The van der Waals surface area contributed by atoms with E-state index in [1.54, 1.807) is 0 Å². The lowest BCUT2D eigenvalue weighted by atomic mass is 10.0. The van der Waals surface area contributed by atoms with Gasteiger partial charge in [-0.1, -0.05) is 61.5 Å². The molecule has 0 saturated carbocycles. The van der Waals surface area contributed by atoms with Crippen molar-refractivity contribution in [2.24, 2.45) is 0 Å². The maximum absolute atomic E-state index is 12.9. The van der Waals surface area contributed by atoms with E-state index in [0.717, 1.165) is 60.9 Å². The van der Waals surface area contributed by atoms with Crippen LogP contribution in [0.25, 0.3) is 10.8 Å². The van der Waals surface area contributed by atoms with Gasteiger partial charge in [0, 0.05) is 35.8 Å². The fourth-order valence-corrected chi connectivity index (χ4v) is 4.58. The van der Waals surface area contributed by atoms with Gasteiger partial charge in [-0.3, -0.25) is 14.5 Å². The number of nitrogens with one attached hydrogen (secondary N) is 1. The van der Waals surface area contributed by atoms with Gasteiger partial charge >= 0.3 is 0 Å². The summed E-state index contributed by atoms with van der Waals surface area (Å²) in [5.41, 5.74) is 1.60. The molecule has 0 aromatic heterocycles. The van der Waals surface area contributed by atoms with Crippen molar-refractivity contribution in [1.82, 2.24) is 9.80 Å². The predicted molar refractivity (Wildman–Crippen MR) is 130 cm³/mol. The Morgan fingerprint density at radius 2 is 1.62 bits per heavy atom. The fraction of sp³-hybridized carbons (Fsp3) is 0.333. The van der Waals surface area contributed by atoms with E-state index in [2.05, 4.69) is 29.3 Å². The third kappa shape index (κ3) is 5.17. The van der Waals surface area contributed by atoms with E-state index < -0.39 is 0 Å². The van der Waals surface area contributed by atoms with Crippen LogP contribution in [0.4, 0.5) is 5.69 Å². The Kier molecular flexibility index (Phi) is 7.17. The Balaban J connectivity index is 1.36. The molecular formula is C27H31N3O2. The van der Waals surface area contributed by atoms with Gasteiger partial charge in [0.2, 0.25) is 5.91 Å². The Morgan fingerprint density at radius 3 is 2.38 bits per heavy atom. The van der Waals surface area contributed by atoms with Gasteiger partial charge in [-0.15, -0.1) is 0 Å². The Labute approximate surface area is 190 Å². The van der Waals surface area contributed by atoms with Crippen LogP contribution < -0.4 is 5.32 Å². The van der Waals surface area contributed by atoms with Crippen LogP contribution in [0.1, 0.15) is 36.5 Å². The molecule has 32 heavy (non-hydrogen) atoms. The highest BCUT2D eigenvalue weighted by atomic mass is 16.2. The molecule has 166 valence electrons. The fourth-order valence-electron chi connectivity index (χ4n) is 4.58. The number of rotatable bonds is 7. The molecule has 1 aliphatic heterocycles. The number of nitrogens with zero attached hydrogens (tertiary/aromatic N) is 2. The molecule has 5 nitrogen and oxygen atoms in total. The summed E-state index contributed by atoms with van der Waals surface area (Å²) in [5.74, 6) is 0.109. The standard InChI is InChI=1S/C27H31N3O2/c1-2-17-30(20-26(31)28-25-14-8-12-21-9-6-7-13-24(21)25)23-15-18-29(19-16-23)27(32)22-10-4-3-5-11-22/h3-14,23H,2,15-20H2,1H3,(H,28,31). The van der Waals surface area contributed by atoms with E-state index in [4.69, 9.17) is 0 Å². The zero-order valence-electron chi connectivity index (χ0n) is 18.7. The summed E-state index contributed by atoms with van der Waals surface area (Å²) >= 11 is 0. The second kappa shape index (κ2) is 10.4. The number of anilines is 1. The summed E-state index contributed by atoms with van der Waals surface area (Å²) in [6.07, 6.45) is 2.77. The minimum atomic E-state index is 0.0117. The number of carbonyl (C=O) groups is 2. The van der Waals surface area contributed by atoms with E-state index in [1.807, 2.05) is 65.6 Å². The van der Waals surface area contributed by atoms with E-state index >= 15 is 0 Å². The summed E-state index contributed by atoms with van der Waals surface area (Å²) in [6, 6.07) is 23.9. The average Bonchev–Trinajstić information content (AvgIpc) is 2.84. The Hall–Kier alpha value is -3.18. The van der Waals surface area contributed by atoms with Crippen molar-refractivity contribution in [3.05, 3.63) is 78.4 Å². The molecular weight excluding hydrogens is 398 g/mol. The van der Waals surface area contributed by atoms with Crippen molar-refractivity contribution in [2.75, 3.05) is 31.5 Å². The van der Waals surface area contributed by atoms with Crippen molar-refractivity contribution in [3.8, 4) is 0 Å². The molecule has 3 aromatic carbocycles. The zero-order chi connectivity index (χ0) is 22.3. The second-order valence-electron chi connectivity index (χ2n) is 8.43. The van der Waals surface area contributed by atoms with E-state index in [0.29, 0.717) is 12.6 Å². The summed E-state index contributed by atoms with van der Waals surface area (Å²) in [6.45, 7) is 4.84. The van der Waals surface area contributed by atoms with Gasteiger partial charge in [0.15, 0.2) is 0 Å². The van der Waals surface area contributed by atoms with Crippen LogP contribution >= 0.6 is 0 Å². The SMILES string of the molecule is CCCN(CC(=O)Nc1cccc2ccccc12)C1CCN(C(=O)c2ccccc2)CC1. The molecule has 5 heteroatoms. The number of fused-ring (bicyclic) bond motifs is 1. The molecule has 3 aromatic rings. The molecule has 1 saturated heterocycles. The molecule has 0 unspecified atom stereocenters. The third-order valence-corrected chi connectivity index (χ3v) is 6.21. The first-order chi connectivity index (χ1) is 15.7. The number of carbonyl (C=O) groups excluding carboxylic acids is 2. The first-order valence-electron chi connectivity index (χ1n) is 11.5. The summed E-state index contributed by atoms with van der Waals surface area (Å²) in [7, 11) is 0. The molecule has 1 fully saturated rings. The third-order valence-electron chi connectivity index (χ3n) is 6.21. The molecule has 2 amide bonds. The van der Waals surface area contributed by atoms with Gasteiger partial charge in [0.05, 0.1) is 6.54 Å². The van der Waals surface area contributed by atoms with Crippen molar-refractivity contribution in [1.29, 1.82) is 0 Å². The quantitative estimate of drug-likeness (QED) is 0.587. The average molecular weight is 430 g/mol. The molecule has 0 radical (unpaired) electrons. The number of amides is 2. The number of piperidine rings is 1. The molecule has 0 aliphatic carbocycles. The summed E-state index contributed by atoms with van der Waals surface area (Å²) in [5, 5.41) is 5.29. The lowest BCUT2D eigenvalue weighted by Gasteiger charge is -2.38. The van der Waals surface area contributed by atoms with E-state index in [9.17, 15) is 9.59 Å². The van der Waals surface area contributed by atoms with Crippen LogP contribution in [0, 0.1) is 0 Å². The van der Waals surface area contributed by atoms with E-state index in [-0.39, 0.29) is 11.8 Å². The highest BCUT2D eigenvalue weighted by Gasteiger charge is 2.28. The highest BCUT2D eigenvalue weighted by molar-refractivity contribution is 6.02. The van der Waals surface area contributed by atoms with Gasteiger partial charge < -0.3 is 10.2 Å².